The van der Waals surface area contributed by atoms with E-state index < -0.39 is 97.4 Å². The molecule has 1 amide bonds. The topological polar surface area (TPSA) is 435 Å². The van der Waals surface area contributed by atoms with Gasteiger partial charge in [-0.2, -0.15) is 52.6 Å². The van der Waals surface area contributed by atoms with E-state index in [0.717, 1.165) is 30.3 Å². The number of carbonyl (C=O) groups excluding carboxylic acids is 1. The summed E-state index contributed by atoms with van der Waals surface area (Å²) in [7, 11) is -25.9. The summed E-state index contributed by atoms with van der Waals surface area (Å²) in [6.07, 6.45) is 0. The molecule has 7 aromatic rings. The van der Waals surface area contributed by atoms with Crippen LogP contribution in [0.3, 0.4) is 0 Å². The first-order chi connectivity index (χ1) is 36.2. The highest BCUT2D eigenvalue weighted by atomic mass is 35.5. The molecule has 0 aliphatic rings. The fraction of sp³-hybridized carbons (Fsp3) is 0.0909. The fourth-order valence-corrected chi connectivity index (χ4v) is 12.0. The van der Waals surface area contributed by atoms with Gasteiger partial charge in [-0.15, -0.1) is 20.5 Å². The van der Waals surface area contributed by atoms with Crippen molar-refractivity contribution >= 4 is 152 Å². The van der Waals surface area contributed by atoms with Crippen LogP contribution in [0.25, 0.3) is 21.9 Å². The number of amides is 1. The number of hydrogen-bond acceptors (Lipinski definition) is 21. The van der Waals surface area contributed by atoms with Crippen molar-refractivity contribution in [3.05, 3.63) is 112 Å². The lowest BCUT2D eigenvalue weighted by atomic mass is 10.0. The quantitative estimate of drug-likeness (QED) is 0.0329. The fourth-order valence-electron chi connectivity index (χ4n) is 7.08. The summed E-state index contributed by atoms with van der Waals surface area (Å²) in [5.41, 5.74) is -1.07. The number of carbonyl (C=O) groups is 1. The van der Waals surface area contributed by atoms with E-state index in [4.69, 9.17) is 23.2 Å². The summed E-state index contributed by atoms with van der Waals surface area (Å²) in [6.45, 7) is 4.68. The molecule has 0 radical (unpaired) electrons. The van der Waals surface area contributed by atoms with Crippen LogP contribution in [0.1, 0.15) is 30.5 Å². The number of fused-ring (bicyclic) bond motifs is 1. The van der Waals surface area contributed by atoms with Crippen LogP contribution in [0.15, 0.2) is 130 Å². The minimum Gasteiger partial charge on any atom is -0.339 e. The minimum absolute atomic E-state index is 0.0256. The molecule has 2 aromatic heterocycles. The second-order valence-corrected chi connectivity index (χ2v) is 25.1. The Kier molecular flexibility index (Phi) is 16.3. The largest absolute Gasteiger partial charge is 0.339 e. The number of aromatic nitrogens is 1. The molecule has 0 aliphatic carbocycles. The second-order valence-electron chi connectivity index (χ2n) is 16.3. The number of nitrogens with zero attached hydrogens (tertiary/aromatic N) is 7. The molecule has 34 heteroatoms. The molecule has 2 heterocycles. The summed E-state index contributed by atoms with van der Waals surface area (Å²) >= 11 is 12.7. The molecule has 0 unspecified atom stereocenters. The number of benzene rings is 5. The van der Waals surface area contributed by atoms with Crippen molar-refractivity contribution in [3.63, 3.8) is 0 Å². The first-order valence-electron chi connectivity index (χ1n) is 21.1. The van der Waals surface area contributed by atoms with Crippen LogP contribution < -0.4 is 16.0 Å². The third-order valence-electron chi connectivity index (χ3n) is 10.7. The van der Waals surface area contributed by atoms with Gasteiger partial charge in [0.1, 0.15) is 48.0 Å². The lowest BCUT2D eigenvalue weighted by molar-refractivity contribution is -0.118. The molecule has 0 fully saturated rings. The molecule has 0 atom stereocenters. The monoisotopic (exact) mass is 1220 g/mol. The average molecular weight is 1220 g/mol. The zero-order chi connectivity index (χ0) is 57.6. The van der Waals surface area contributed by atoms with E-state index in [1.54, 1.807) is 13.8 Å². The van der Waals surface area contributed by atoms with E-state index in [9.17, 15) is 80.2 Å². The van der Waals surface area contributed by atoms with Gasteiger partial charge in [0, 0.05) is 44.9 Å². The third kappa shape index (κ3) is 12.8. The molecule has 78 heavy (non-hydrogen) atoms. The third-order valence-corrected chi connectivity index (χ3v) is 17.0. The van der Waals surface area contributed by atoms with Gasteiger partial charge in [-0.3, -0.25) is 27.6 Å². The van der Waals surface area contributed by atoms with Crippen LogP contribution in [0, 0.1) is 35.5 Å². The molecule has 5 aromatic carbocycles. The van der Waals surface area contributed by atoms with Gasteiger partial charge >= 0.3 is 0 Å². The Hall–Kier alpha value is -7.41. The number of rotatable bonds is 16. The van der Waals surface area contributed by atoms with E-state index in [2.05, 4.69) is 41.4 Å². The summed E-state index contributed by atoms with van der Waals surface area (Å²) in [6, 6.07) is 18.8. The van der Waals surface area contributed by atoms with Gasteiger partial charge < -0.3 is 16.0 Å². The number of thiophene rings is 1. The van der Waals surface area contributed by atoms with E-state index >= 15 is 0 Å². The standard InChI is InChI=1S/C44H32Cl2N10O16S6/c1-20(2)42(57)51-23-6-4-22(5-7-23)38-31(19-48)43(73-44(38)56-53-26-12-28-29(34(15-26)75(61,62)63)16-27(74(58,59)60)17-35(28)76(64,65)66)55-54-39-21(3)30(18-47)40(49-24-8-10-32(45)36(13-24)77(67,68)69)52-41(39)50-25-9-11-33(46)37(14-25)78(70,71)72/h4-17,20H,1-3H3,(H,51,57)(H2,49,50,52)(H,58,59,60)(H,61,62,63)(H,64,65,66)(H,67,68,69)(H,70,71,72). The van der Waals surface area contributed by atoms with Crippen molar-refractivity contribution in [2.75, 3.05) is 16.0 Å². The molecule has 404 valence electrons. The van der Waals surface area contributed by atoms with Crippen LogP contribution in [0.5, 0.6) is 0 Å². The van der Waals surface area contributed by atoms with Crippen LogP contribution in [0.2, 0.25) is 10.0 Å². The highest BCUT2D eigenvalue weighted by Crippen LogP contribution is 2.49. The first-order valence-corrected chi connectivity index (χ1v) is 29.9. The predicted molar refractivity (Wildman–Crippen MR) is 282 cm³/mol. The molecule has 0 saturated heterocycles. The molecular weight excluding hydrogens is 1190 g/mol. The van der Waals surface area contributed by atoms with Crippen LogP contribution in [-0.2, 0) is 55.4 Å². The Balaban J connectivity index is 1.46. The Morgan fingerprint density at radius 2 is 1.08 bits per heavy atom. The van der Waals surface area contributed by atoms with Crippen molar-refractivity contribution in [1.82, 2.24) is 4.98 Å². The number of halogens is 2. The van der Waals surface area contributed by atoms with Gasteiger partial charge in [0.2, 0.25) is 5.91 Å². The van der Waals surface area contributed by atoms with E-state index in [0.29, 0.717) is 35.2 Å². The predicted octanol–water partition coefficient (Wildman–Crippen LogP) is 10.5. The number of azo groups is 2. The number of nitrogens with one attached hydrogen (secondary N) is 3. The zero-order valence-electron chi connectivity index (χ0n) is 39.2. The SMILES string of the molecule is Cc1c(C#N)c(Nc2ccc(Cl)c(S(=O)(=O)O)c2)nc(Nc2ccc(Cl)c(S(=O)(=O)O)c2)c1N=Nc1sc(N=Nc2cc(S(=O)(=O)O)c3cc(S(=O)(=O)O)cc(S(=O)(=O)O)c3c2)c(-c2ccc(NC(=O)C(C)C)cc2)c1C#N. The van der Waals surface area contributed by atoms with Gasteiger partial charge in [0.05, 0.1) is 26.2 Å². The number of hydrogen-bond donors (Lipinski definition) is 8. The van der Waals surface area contributed by atoms with Gasteiger partial charge in [-0.05, 0) is 85.3 Å². The van der Waals surface area contributed by atoms with Crippen LogP contribution >= 0.6 is 34.5 Å². The van der Waals surface area contributed by atoms with Gasteiger partial charge in [-0.25, -0.2) is 4.98 Å². The van der Waals surface area contributed by atoms with E-state index in [1.165, 1.54) is 43.3 Å². The van der Waals surface area contributed by atoms with Crippen molar-refractivity contribution in [2.24, 2.45) is 26.4 Å². The molecule has 0 bridgehead atoms. The number of anilines is 5. The van der Waals surface area contributed by atoms with Crippen LogP contribution in [0.4, 0.5) is 50.1 Å². The highest BCUT2D eigenvalue weighted by molar-refractivity contribution is 7.87. The average Bonchev–Trinajstić information content (AvgIpc) is 3.83. The molecule has 26 nitrogen and oxygen atoms in total. The smallest absolute Gasteiger partial charge is 0.296 e. The van der Waals surface area contributed by atoms with Gasteiger partial charge in [-0.1, -0.05) is 60.5 Å². The molecule has 0 saturated carbocycles. The van der Waals surface area contributed by atoms with Gasteiger partial charge in [0.15, 0.2) is 16.6 Å². The van der Waals surface area contributed by atoms with Crippen molar-refractivity contribution < 1.29 is 69.6 Å². The lowest BCUT2D eigenvalue weighted by Crippen LogP contribution is -2.17. The maximum atomic E-state index is 12.7. The molecule has 7 rings (SSSR count). The minimum atomic E-state index is -5.42. The Morgan fingerprint density at radius 3 is 1.58 bits per heavy atom. The zero-order valence-corrected chi connectivity index (χ0v) is 45.6. The van der Waals surface area contributed by atoms with Gasteiger partial charge in [0.25, 0.3) is 50.6 Å². The summed E-state index contributed by atoms with van der Waals surface area (Å²) in [4.78, 5) is 11.9. The van der Waals surface area contributed by atoms with Crippen LogP contribution in [-0.4, -0.2) is 75.7 Å². The number of nitriles is 2. The highest BCUT2D eigenvalue weighted by Gasteiger charge is 2.28. The Morgan fingerprint density at radius 1 is 0.590 bits per heavy atom. The Bertz CT molecular complexity index is 4450. The normalized spacial score (nSPS) is 12.5. The van der Waals surface area contributed by atoms with E-state index in [1.807, 2.05) is 12.1 Å². The summed E-state index contributed by atoms with van der Waals surface area (Å²) < 4.78 is 173. The number of pyridine rings is 1. The van der Waals surface area contributed by atoms with Crippen molar-refractivity contribution in [2.45, 2.75) is 45.2 Å². The molecular formula is C44H32Cl2N10O16S6. The molecule has 0 spiro atoms. The summed E-state index contributed by atoms with van der Waals surface area (Å²) in [5.74, 6) is -1.37. The summed E-state index contributed by atoms with van der Waals surface area (Å²) in [5, 5.41) is 43.7. The lowest BCUT2D eigenvalue weighted by Gasteiger charge is -2.16. The first kappa shape index (κ1) is 58.3. The molecule has 8 N–H and O–H groups in total. The van der Waals surface area contributed by atoms with Crippen molar-refractivity contribution in [3.8, 4) is 23.3 Å². The Labute approximate surface area is 456 Å². The second kappa shape index (κ2) is 21.8. The van der Waals surface area contributed by atoms with E-state index in [-0.39, 0.29) is 82.5 Å². The maximum absolute atomic E-state index is 12.7. The molecule has 0 aliphatic heterocycles. The maximum Gasteiger partial charge on any atom is 0.296 e. The van der Waals surface area contributed by atoms with Crippen molar-refractivity contribution in [1.29, 1.82) is 10.5 Å².